The van der Waals surface area contributed by atoms with E-state index < -0.39 is 17.3 Å². The van der Waals surface area contributed by atoms with Crippen LogP contribution in [0.4, 0.5) is 0 Å². The number of Topliss-reactive ketones (excluding diaryl/α,β-unsaturated/α-hetero) is 1. The summed E-state index contributed by atoms with van der Waals surface area (Å²) < 4.78 is 0. The van der Waals surface area contributed by atoms with E-state index in [1.165, 1.54) is 11.3 Å². The predicted octanol–water partition coefficient (Wildman–Crippen LogP) is 0.842. The maximum absolute atomic E-state index is 12.0. The zero-order valence-corrected chi connectivity index (χ0v) is 10.2. The molecule has 1 aromatic heterocycles. The van der Waals surface area contributed by atoms with Gasteiger partial charge >= 0.3 is 5.97 Å². The minimum absolute atomic E-state index is 0.107. The van der Waals surface area contributed by atoms with Gasteiger partial charge in [0, 0.05) is 0 Å². The highest BCUT2D eigenvalue weighted by molar-refractivity contribution is 7.12. The molecular weight excluding hydrogens is 240 g/mol. The van der Waals surface area contributed by atoms with Gasteiger partial charge in [-0.1, -0.05) is 6.07 Å². The van der Waals surface area contributed by atoms with Crippen molar-refractivity contribution in [1.29, 1.82) is 0 Å². The molecule has 5 N–H and O–H groups in total. The molecule has 5 nitrogen and oxygen atoms in total. The minimum atomic E-state index is -1.83. The molecule has 0 aliphatic rings. The average molecular weight is 256 g/mol. The number of carbonyl (C=O) groups is 2. The Hall–Kier alpha value is -1.24. The number of carboxylic acid groups (broad SMARTS) is 1. The zero-order valence-electron chi connectivity index (χ0n) is 9.39. The first-order valence-electron chi connectivity index (χ1n) is 5.33. The molecule has 0 amide bonds. The fourth-order valence-corrected chi connectivity index (χ4v) is 2.24. The number of unbranched alkanes of at least 4 members (excludes halogenated alkanes) is 1. The lowest BCUT2D eigenvalue weighted by Gasteiger charge is -2.22. The molecule has 1 heterocycles. The van der Waals surface area contributed by atoms with Crippen LogP contribution in [-0.4, -0.2) is 28.9 Å². The first-order chi connectivity index (χ1) is 8.02. The molecule has 6 heteroatoms. The van der Waals surface area contributed by atoms with Gasteiger partial charge in [-0.25, -0.2) is 4.79 Å². The summed E-state index contributed by atoms with van der Waals surface area (Å²) in [5, 5.41) is 10.8. The molecule has 17 heavy (non-hydrogen) atoms. The van der Waals surface area contributed by atoms with Gasteiger partial charge < -0.3 is 16.6 Å². The largest absolute Gasteiger partial charge is 0.480 e. The van der Waals surface area contributed by atoms with Crippen LogP contribution >= 0.6 is 11.3 Å². The number of thiophene rings is 1. The van der Waals surface area contributed by atoms with E-state index in [1.54, 1.807) is 17.5 Å². The summed E-state index contributed by atoms with van der Waals surface area (Å²) in [5.41, 5.74) is 9.23. The smallest absolute Gasteiger partial charge is 0.331 e. The van der Waals surface area contributed by atoms with Crippen LogP contribution < -0.4 is 11.5 Å². The van der Waals surface area contributed by atoms with Crippen LogP contribution in [0.15, 0.2) is 17.5 Å². The number of carboxylic acids is 1. The monoisotopic (exact) mass is 256 g/mol. The molecule has 1 rings (SSSR count). The van der Waals surface area contributed by atoms with Crippen molar-refractivity contribution in [3.05, 3.63) is 22.4 Å². The van der Waals surface area contributed by atoms with Crippen LogP contribution in [0.3, 0.4) is 0 Å². The fraction of sp³-hybridized carbons (Fsp3) is 0.455. The molecule has 0 spiro atoms. The van der Waals surface area contributed by atoms with Crippen molar-refractivity contribution >= 4 is 23.1 Å². The first kappa shape index (κ1) is 13.8. The Morgan fingerprint density at radius 1 is 1.41 bits per heavy atom. The molecule has 0 saturated heterocycles. The molecular formula is C11H16N2O3S. The highest BCUT2D eigenvalue weighted by Gasteiger charge is 2.42. The van der Waals surface area contributed by atoms with Gasteiger partial charge in [0.15, 0.2) is 5.54 Å². The second-order valence-electron chi connectivity index (χ2n) is 3.83. The molecule has 0 aliphatic carbocycles. The molecule has 1 atom stereocenters. The maximum atomic E-state index is 12.0. The Morgan fingerprint density at radius 3 is 2.59 bits per heavy atom. The van der Waals surface area contributed by atoms with Gasteiger partial charge in [-0.3, -0.25) is 4.79 Å². The predicted molar refractivity (Wildman–Crippen MR) is 66.1 cm³/mol. The van der Waals surface area contributed by atoms with Crippen molar-refractivity contribution in [2.24, 2.45) is 11.5 Å². The number of hydrogen-bond donors (Lipinski definition) is 3. The first-order valence-corrected chi connectivity index (χ1v) is 6.21. The summed E-state index contributed by atoms with van der Waals surface area (Å²) in [4.78, 5) is 23.6. The maximum Gasteiger partial charge on any atom is 0.331 e. The molecule has 0 aromatic carbocycles. The summed E-state index contributed by atoms with van der Waals surface area (Å²) >= 11 is 1.20. The second kappa shape index (κ2) is 5.90. The van der Waals surface area contributed by atoms with Gasteiger partial charge in [-0.15, -0.1) is 11.3 Å². The lowest BCUT2D eigenvalue weighted by molar-refractivity contribution is -0.141. The number of aliphatic carboxylic acids is 1. The van der Waals surface area contributed by atoms with Crippen LogP contribution in [0.25, 0.3) is 0 Å². The third-order valence-corrected chi connectivity index (χ3v) is 3.43. The Morgan fingerprint density at radius 2 is 2.12 bits per heavy atom. The van der Waals surface area contributed by atoms with E-state index in [0.29, 0.717) is 24.3 Å². The van der Waals surface area contributed by atoms with Crippen LogP contribution in [-0.2, 0) is 4.79 Å². The molecule has 0 saturated carbocycles. The fourth-order valence-electron chi connectivity index (χ4n) is 1.49. The molecule has 1 aromatic rings. The zero-order chi connectivity index (χ0) is 12.9. The standard InChI is InChI=1S/C11H16N2O3S/c12-6-2-1-5-11(13,10(15)16)9(14)8-4-3-7-17-8/h3-4,7H,1-2,5-6,12-13H2,(H,15,16). The van der Waals surface area contributed by atoms with E-state index >= 15 is 0 Å². The van der Waals surface area contributed by atoms with E-state index in [9.17, 15) is 9.59 Å². The quantitative estimate of drug-likeness (QED) is 0.381. The highest BCUT2D eigenvalue weighted by Crippen LogP contribution is 2.21. The third-order valence-electron chi connectivity index (χ3n) is 2.56. The number of rotatable bonds is 7. The number of nitrogens with two attached hydrogens (primary N) is 2. The Kier molecular flexibility index (Phi) is 4.80. The number of ketones is 1. The van der Waals surface area contributed by atoms with E-state index in [0.717, 1.165) is 0 Å². The summed E-state index contributed by atoms with van der Waals surface area (Å²) in [6.07, 6.45) is 1.29. The van der Waals surface area contributed by atoms with Crippen molar-refractivity contribution in [2.45, 2.75) is 24.8 Å². The average Bonchev–Trinajstić information content (AvgIpc) is 2.81. The molecule has 94 valence electrons. The Balaban J connectivity index is 2.84. The van der Waals surface area contributed by atoms with Gasteiger partial charge in [0.1, 0.15) is 0 Å². The Bertz CT molecular complexity index is 391. The van der Waals surface area contributed by atoms with Crippen molar-refractivity contribution in [2.75, 3.05) is 6.54 Å². The summed E-state index contributed by atoms with van der Waals surface area (Å²) in [6, 6.07) is 3.28. The summed E-state index contributed by atoms with van der Waals surface area (Å²) in [6.45, 7) is 0.461. The molecule has 0 aliphatic heterocycles. The molecule has 0 radical (unpaired) electrons. The molecule has 0 bridgehead atoms. The van der Waals surface area contributed by atoms with Crippen LogP contribution in [0.5, 0.6) is 0 Å². The lowest BCUT2D eigenvalue weighted by Crippen LogP contribution is -2.54. The SMILES string of the molecule is NCCCCC(N)(C(=O)O)C(=O)c1cccs1. The van der Waals surface area contributed by atoms with E-state index in [2.05, 4.69) is 0 Å². The van der Waals surface area contributed by atoms with Gasteiger partial charge in [-0.05, 0) is 37.3 Å². The topological polar surface area (TPSA) is 106 Å². The van der Waals surface area contributed by atoms with E-state index in [4.69, 9.17) is 16.6 Å². The van der Waals surface area contributed by atoms with Gasteiger partial charge in [0.25, 0.3) is 0 Å². The minimum Gasteiger partial charge on any atom is -0.480 e. The number of carbonyl (C=O) groups excluding carboxylic acids is 1. The van der Waals surface area contributed by atoms with Gasteiger partial charge in [-0.2, -0.15) is 0 Å². The highest BCUT2D eigenvalue weighted by atomic mass is 32.1. The van der Waals surface area contributed by atoms with Crippen molar-refractivity contribution in [3.8, 4) is 0 Å². The van der Waals surface area contributed by atoms with Gasteiger partial charge in [0.05, 0.1) is 4.88 Å². The summed E-state index contributed by atoms with van der Waals surface area (Å²) in [7, 11) is 0. The lowest BCUT2D eigenvalue weighted by atomic mass is 9.88. The van der Waals surface area contributed by atoms with Crippen LogP contribution in [0.2, 0.25) is 0 Å². The van der Waals surface area contributed by atoms with E-state index in [1.807, 2.05) is 0 Å². The second-order valence-corrected chi connectivity index (χ2v) is 4.78. The van der Waals surface area contributed by atoms with Gasteiger partial charge in [0.2, 0.25) is 5.78 Å². The van der Waals surface area contributed by atoms with Crippen LogP contribution in [0, 0.1) is 0 Å². The van der Waals surface area contributed by atoms with E-state index in [-0.39, 0.29) is 6.42 Å². The molecule has 1 unspecified atom stereocenters. The molecule has 0 fully saturated rings. The third kappa shape index (κ3) is 3.12. The van der Waals surface area contributed by atoms with Crippen LogP contribution in [0.1, 0.15) is 28.9 Å². The van der Waals surface area contributed by atoms with Crippen molar-refractivity contribution in [3.63, 3.8) is 0 Å². The number of hydrogen-bond acceptors (Lipinski definition) is 5. The normalized spacial score (nSPS) is 14.2. The van der Waals surface area contributed by atoms with Crippen molar-refractivity contribution < 1.29 is 14.7 Å². The summed E-state index contributed by atoms with van der Waals surface area (Å²) in [5.74, 6) is -1.81. The van der Waals surface area contributed by atoms with Crippen molar-refractivity contribution in [1.82, 2.24) is 0 Å². The Labute approximate surface area is 103 Å².